The minimum atomic E-state index is -4.03. The number of fused-ring (bicyclic) bond motifs is 2. The van der Waals surface area contributed by atoms with E-state index in [1.165, 1.54) is 27.9 Å². The quantitative estimate of drug-likeness (QED) is 0.430. The fraction of sp³-hybridized carbons (Fsp3) is 0.136. The van der Waals surface area contributed by atoms with E-state index in [0.29, 0.717) is 23.2 Å². The maximum Gasteiger partial charge on any atom is 0.333 e. The van der Waals surface area contributed by atoms with Crippen LogP contribution in [0.5, 0.6) is 0 Å². The Kier molecular flexibility index (Phi) is 5.34. The van der Waals surface area contributed by atoms with Crippen molar-refractivity contribution >= 4 is 55.5 Å². The monoisotopic (exact) mass is 516 g/mol. The fourth-order valence-corrected chi connectivity index (χ4v) is 6.75. The lowest BCUT2D eigenvalue weighted by Gasteiger charge is -2.30. The van der Waals surface area contributed by atoms with E-state index < -0.39 is 27.2 Å². The lowest BCUT2D eigenvalue weighted by atomic mass is 10.0. The van der Waals surface area contributed by atoms with Crippen molar-refractivity contribution < 1.29 is 13.2 Å². The van der Waals surface area contributed by atoms with E-state index in [-0.39, 0.29) is 31.4 Å². The molecule has 0 atom stereocenters. The van der Waals surface area contributed by atoms with Gasteiger partial charge in [-0.3, -0.25) is 13.9 Å². The topological polar surface area (TPSA) is 135 Å². The number of sulfonamides is 1. The standard InChI is InChI=1S/C22H17ClN4O5S2/c23-14-8-7-13(34(31,32)26-9-3-5-12-4-1-2-6-16(12)26)10-17(14)27-21(29)18-15(25-22(27)30)11-33-19(18)20(24)28/h1-2,4,6-8,10-11H,3,5,9H2,(H2,24,28)(H,25,30). The lowest BCUT2D eigenvalue weighted by molar-refractivity contribution is 0.101. The van der Waals surface area contributed by atoms with Crippen molar-refractivity contribution in [2.24, 2.45) is 5.73 Å². The molecule has 3 heterocycles. The number of halogens is 1. The van der Waals surface area contributed by atoms with E-state index in [1.54, 1.807) is 12.1 Å². The predicted octanol–water partition coefficient (Wildman–Crippen LogP) is 2.63. The molecule has 12 heteroatoms. The molecule has 3 N–H and O–H groups in total. The Labute approximate surface area is 202 Å². The summed E-state index contributed by atoms with van der Waals surface area (Å²) in [4.78, 5) is 40.2. The number of amides is 1. The molecule has 0 radical (unpaired) electrons. The van der Waals surface area contributed by atoms with Gasteiger partial charge in [-0.25, -0.2) is 17.8 Å². The molecule has 0 saturated heterocycles. The lowest BCUT2D eigenvalue weighted by Crippen LogP contribution is -2.36. The summed E-state index contributed by atoms with van der Waals surface area (Å²) in [5, 5.41) is 1.37. The highest BCUT2D eigenvalue weighted by Gasteiger charge is 2.30. The van der Waals surface area contributed by atoms with E-state index in [2.05, 4.69) is 4.98 Å². The highest BCUT2D eigenvalue weighted by molar-refractivity contribution is 7.92. The van der Waals surface area contributed by atoms with Gasteiger partial charge in [0.15, 0.2) is 0 Å². The van der Waals surface area contributed by atoms with Gasteiger partial charge in [0.05, 0.1) is 32.2 Å². The summed E-state index contributed by atoms with van der Waals surface area (Å²) in [6.45, 7) is 0.292. The van der Waals surface area contributed by atoms with Crippen molar-refractivity contribution in [1.82, 2.24) is 9.55 Å². The molecule has 1 amide bonds. The maximum atomic E-state index is 13.6. The summed E-state index contributed by atoms with van der Waals surface area (Å²) in [6.07, 6.45) is 1.42. The molecule has 2 aromatic carbocycles. The molecule has 0 spiro atoms. The van der Waals surface area contributed by atoms with Crippen LogP contribution >= 0.6 is 22.9 Å². The number of carbonyl (C=O) groups is 1. The van der Waals surface area contributed by atoms with Crippen molar-refractivity contribution in [3.05, 3.63) is 84.1 Å². The van der Waals surface area contributed by atoms with Crippen LogP contribution in [0.4, 0.5) is 5.69 Å². The molecule has 9 nitrogen and oxygen atoms in total. The van der Waals surface area contributed by atoms with Crippen LogP contribution in [0.25, 0.3) is 16.6 Å². The number of aromatic amines is 1. The molecule has 1 aliphatic rings. The molecule has 4 aromatic rings. The Balaban J connectivity index is 1.71. The number of carbonyl (C=O) groups excluding carboxylic acids is 1. The molecule has 2 aromatic heterocycles. The number of para-hydroxylation sites is 1. The number of nitrogens with two attached hydrogens (primary N) is 1. The van der Waals surface area contributed by atoms with Gasteiger partial charge in [-0.2, -0.15) is 0 Å². The normalized spacial score (nSPS) is 13.7. The predicted molar refractivity (Wildman–Crippen MR) is 131 cm³/mol. The summed E-state index contributed by atoms with van der Waals surface area (Å²) in [7, 11) is -4.03. The number of rotatable bonds is 4. The van der Waals surface area contributed by atoms with Crippen molar-refractivity contribution in [2.75, 3.05) is 10.8 Å². The van der Waals surface area contributed by atoms with Gasteiger partial charge in [-0.15, -0.1) is 11.3 Å². The number of aromatic nitrogens is 2. The van der Waals surface area contributed by atoms with E-state index in [1.807, 2.05) is 12.1 Å². The second-order valence-corrected chi connectivity index (χ2v) is 10.9. The molecule has 0 bridgehead atoms. The van der Waals surface area contributed by atoms with Crippen LogP contribution in [-0.2, 0) is 16.4 Å². The number of anilines is 1. The first kappa shape index (κ1) is 22.4. The van der Waals surface area contributed by atoms with Crippen LogP contribution < -0.4 is 21.3 Å². The zero-order chi connectivity index (χ0) is 24.2. The number of H-pyrrole nitrogens is 1. The summed E-state index contributed by atoms with van der Waals surface area (Å²) in [5.41, 5.74) is 5.27. The first-order chi connectivity index (χ1) is 16.2. The molecule has 34 heavy (non-hydrogen) atoms. The zero-order valence-corrected chi connectivity index (χ0v) is 19.8. The van der Waals surface area contributed by atoms with Crippen LogP contribution in [0.15, 0.2) is 62.3 Å². The van der Waals surface area contributed by atoms with E-state index in [0.717, 1.165) is 23.3 Å². The number of hydrogen-bond acceptors (Lipinski definition) is 6. The number of thiophene rings is 1. The van der Waals surface area contributed by atoms with Crippen molar-refractivity contribution in [2.45, 2.75) is 17.7 Å². The third-order valence-electron chi connectivity index (χ3n) is 5.69. The van der Waals surface area contributed by atoms with Gasteiger partial charge in [-0.1, -0.05) is 29.8 Å². The molecule has 0 fully saturated rings. The van der Waals surface area contributed by atoms with Gasteiger partial charge >= 0.3 is 5.69 Å². The smallest absolute Gasteiger partial charge is 0.333 e. The molecule has 0 unspecified atom stereocenters. The van der Waals surface area contributed by atoms with Gasteiger partial charge in [0.2, 0.25) is 0 Å². The van der Waals surface area contributed by atoms with Crippen LogP contribution in [-0.4, -0.2) is 30.4 Å². The zero-order valence-electron chi connectivity index (χ0n) is 17.4. The Morgan fingerprint density at radius 2 is 1.88 bits per heavy atom. The number of hydrogen-bond donors (Lipinski definition) is 2. The van der Waals surface area contributed by atoms with Gasteiger partial charge in [-0.05, 0) is 42.7 Å². The Morgan fingerprint density at radius 1 is 1.12 bits per heavy atom. The number of primary amides is 1. The summed E-state index contributed by atoms with van der Waals surface area (Å²) in [5.74, 6) is -0.818. The second kappa shape index (κ2) is 8.12. The van der Waals surface area contributed by atoms with E-state index in [4.69, 9.17) is 17.3 Å². The molecule has 5 rings (SSSR count). The minimum absolute atomic E-state index is 0.0131. The van der Waals surface area contributed by atoms with Crippen molar-refractivity contribution in [3.63, 3.8) is 0 Å². The van der Waals surface area contributed by atoms with Crippen LogP contribution in [0.1, 0.15) is 21.7 Å². The summed E-state index contributed by atoms with van der Waals surface area (Å²) in [6, 6.07) is 11.1. The Morgan fingerprint density at radius 3 is 2.65 bits per heavy atom. The van der Waals surface area contributed by atoms with Gasteiger partial charge in [0.25, 0.3) is 21.5 Å². The number of nitrogens with one attached hydrogen (secondary N) is 1. The average Bonchev–Trinajstić information content (AvgIpc) is 3.24. The second-order valence-electron chi connectivity index (χ2n) is 7.71. The molecular weight excluding hydrogens is 500 g/mol. The molecule has 1 aliphatic heterocycles. The van der Waals surface area contributed by atoms with Crippen LogP contribution in [0.2, 0.25) is 5.02 Å². The van der Waals surface area contributed by atoms with Crippen LogP contribution in [0, 0.1) is 0 Å². The minimum Gasteiger partial charge on any atom is -0.365 e. The molecule has 0 aliphatic carbocycles. The fourth-order valence-electron chi connectivity index (χ4n) is 4.14. The SMILES string of the molecule is NC(=O)c1scc2[nH]c(=O)n(-c3cc(S(=O)(=O)N4CCCc5ccccc54)ccc3Cl)c(=O)c12. The third-order valence-corrected chi connectivity index (χ3v) is 8.81. The Bertz CT molecular complexity index is 1700. The van der Waals surface area contributed by atoms with Gasteiger partial charge in [0, 0.05) is 11.9 Å². The van der Waals surface area contributed by atoms with E-state index in [9.17, 15) is 22.8 Å². The van der Waals surface area contributed by atoms with E-state index >= 15 is 0 Å². The summed E-state index contributed by atoms with van der Waals surface area (Å²) < 4.78 is 29.2. The van der Waals surface area contributed by atoms with Gasteiger partial charge in [0.1, 0.15) is 4.88 Å². The average molecular weight is 517 g/mol. The number of benzene rings is 2. The molecule has 174 valence electrons. The summed E-state index contributed by atoms with van der Waals surface area (Å²) >= 11 is 7.24. The van der Waals surface area contributed by atoms with Crippen molar-refractivity contribution in [1.29, 1.82) is 0 Å². The third kappa shape index (κ3) is 3.44. The largest absolute Gasteiger partial charge is 0.365 e. The first-order valence-electron chi connectivity index (χ1n) is 10.2. The Hall–Kier alpha value is -3.41. The molecular formula is C22H17ClN4O5S2. The van der Waals surface area contributed by atoms with Gasteiger partial charge < -0.3 is 10.7 Å². The van der Waals surface area contributed by atoms with Crippen LogP contribution in [0.3, 0.4) is 0 Å². The van der Waals surface area contributed by atoms with Crippen molar-refractivity contribution in [3.8, 4) is 5.69 Å². The number of aryl methyl sites for hydroxylation is 1. The maximum absolute atomic E-state index is 13.6. The highest BCUT2D eigenvalue weighted by Crippen LogP contribution is 2.33. The highest BCUT2D eigenvalue weighted by atomic mass is 35.5. The molecule has 0 saturated carbocycles. The number of nitrogens with zero attached hydrogens (tertiary/aromatic N) is 2. The first-order valence-corrected chi connectivity index (χ1v) is 12.9.